The van der Waals surface area contributed by atoms with Gasteiger partial charge in [0, 0.05) is 36.4 Å². The van der Waals surface area contributed by atoms with Crippen LogP contribution in [0.2, 0.25) is 0 Å². The molecule has 0 unspecified atom stereocenters. The fourth-order valence-corrected chi connectivity index (χ4v) is 4.84. The molecule has 1 fully saturated rings. The molecule has 1 saturated heterocycles. The quantitative estimate of drug-likeness (QED) is 0.490. The van der Waals surface area contributed by atoms with E-state index in [9.17, 15) is 18.4 Å². The Morgan fingerprint density at radius 1 is 1.03 bits per heavy atom. The van der Waals surface area contributed by atoms with Crippen molar-refractivity contribution in [1.82, 2.24) is 19.8 Å². The van der Waals surface area contributed by atoms with Crippen LogP contribution in [0.1, 0.15) is 47.0 Å². The van der Waals surface area contributed by atoms with Crippen LogP contribution in [0.15, 0.2) is 41.2 Å². The van der Waals surface area contributed by atoms with Crippen LogP contribution in [0, 0.1) is 11.6 Å². The van der Waals surface area contributed by atoms with Crippen molar-refractivity contribution in [2.45, 2.75) is 59.0 Å². The average Bonchev–Trinajstić information content (AvgIpc) is 3.10. The third-order valence-corrected chi connectivity index (χ3v) is 6.71. The number of halogens is 2. The number of aromatic nitrogens is 2. The van der Waals surface area contributed by atoms with Crippen LogP contribution in [0.3, 0.4) is 0 Å². The summed E-state index contributed by atoms with van der Waals surface area (Å²) in [5.74, 6) is -2.31. The molecule has 9 heteroatoms. The lowest BCUT2D eigenvalue weighted by atomic mass is 10.1. The molecule has 0 atom stereocenters. The Morgan fingerprint density at radius 3 is 2.53 bits per heavy atom. The lowest BCUT2D eigenvalue weighted by Gasteiger charge is -2.24. The van der Waals surface area contributed by atoms with Gasteiger partial charge in [-0.3, -0.25) is 14.2 Å². The minimum absolute atomic E-state index is 0.111. The summed E-state index contributed by atoms with van der Waals surface area (Å²) in [6.07, 6.45) is 3.39. The third-order valence-electron chi connectivity index (χ3n) is 6.71. The smallest absolute Gasteiger partial charge is 0.262 e. The van der Waals surface area contributed by atoms with Crippen LogP contribution in [-0.2, 0) is 11.3 Å². The normalized spacial score (nSPS) is 15.1. The summed E-state index contributed by atoms with van der Waals surface area (Å²) in [5.41, 5.74) is 0.679. The molecule has 0 spiro atoms. The predicted molar refractivity (Wildman–Crippen MR) is 147 cm³/mol. The topological polar surface area (TPSA) is 70.5 Å². The van der Waals surface area contributed by atoms with E-state index in [0.29, 0.717) is 10.9 Å². The van der Waals surface area contributed by atoms with Crippen molar-refractivity contribution in [1.29, 1.82) is 0 Å². The zero-order chi connectivity index (χ0) is 27.4. The highest BCUT2D eigenvalue weighted by Crippen LogP contribution is 2.25. The van der Waals surface area contributed by atoms with Crippen molar-refractivity contribution >= 4 is 22.5 Å². The number of carbonyl (C=O) groups excluding carboxylic acids is 1. The van der Waals surface area contributed by atoms with Crippen LogP contribution in [-0.4, -0.2) is 58.6 Å². The van der Waals surface area contributed by atoms with Crippen molar-refractivity contribution in [2.24, 2.45) is 0 Å². The summed E-state index contributed by atoms with van der Waals surface area (Å²) in [6.45, 7) is 12.3. The van der Waals surface area contributed by atoms with E-state index in [1.165, 1.54) is 23.5 Å². The molecule has 1 aliphatic heterocycles. The second-order valence-corrected chi connectivity index (χ2v) is 11.0. The van der Waals surface area contributed by atoms with E-state index in [4.69, 9.17) is 0 Å². The molecule has 7 nitrogen and oxygen atoms in total. The summed E-state index contributed by atoms with van der Waals surface area (Å²) in [7, 11) is 0. The van der Waals surface area contributed by atoms with Gasteiger partial charge in [-0.25, -0.2) is 13.8 Å². The van der Waals surface area contributed by atoms with Gasteiger partial charge in [-0.2, -0.15) is 0 Å². The number of benzene rings is 2. The highest BCUT2D eigenvalue weighted by molar-refractivity contribution is 5.84. The van der Waals surface area contributed by atoms with Gasteiger partial charge in [-0.05, 0) is 83.1 Å². The number of nitrogens with zero attached hydrogens (tertiary/aromatic N) is 4. The van der Waals surface area contributed by atoms with Gasteiger partial charge in [0.05, 0.1) is 10.9 Å². The van der Waals surface area contributed by atoms with E-state index in [2.05, 4.69) is 27.0 Å². The summed E-state index contributed by atoms with van der Waals surface area (Å²) in [5, 5.41) is 3.24. The third kappa shape index (κ3) is 6.56. The van der Waals surface area contributed by atoms with Crippen LogP contribution in [0.5, 0.6) is 0 Å². The van der Waals surface area contributed by atoms with Crippen LogP contribution in [0.4, 0.5) is 14.5 Å². The lowest BCUT2D eigenvalue weighted by Crippen LogP contribution is -2.43. The molecule has 3 aromatic rings. The fraction of sp³-hybridized carbons (Fsp3) is 0.483. The molecular formula is C29H37F2N5O2. The van der Waals surface area contributed by atoms with E-state index >= 15 is 0 Å². The molecule has 204 valence electrons. The number of anilines is 1. The number of nitrogens with one attached hydrogen (secondary N) is 1. The molecule has 0 bridgehead atoms. The maximum Gasteiger partial charge on any atom is 0.262 e. The number of fused-ring (bicyclic) bond motifs is 1. The van der Waals surface area contributed by atoms with Crippen LogP contribution in [0.25, 0.3) is 22.3 Å². The molecule has 1 N–H and O–H groups in total. The van der Waals surface area contributed by atoms with E-state index < -0.39 is 22.7 Å². The Balaban J connectivity index is 1.74. The minimum atomic E-state index is -1.05. The lowest BCUT2D eigenvalue weighted by molar-refractivity contribution is -0.123. The first-order chi connectivity index (χ1) is 18.1. The van der Waals surface area contributed by atoms with Crippen molar-refractivity contribution in [3.8, 4) is 11.4 Å². The largest absolute Gasteiger partial charge is 0.370 e. The summed E-state index contributed by atoms with van der Waals surface area (Å²) >= 11 is 0. The highest BCUT2D eigenvalue weighted by Gasteiger charge is 2.21. The first kappa shape index (κ1) is 27.7. The Labute approximate surface area is 222 Å². The first-order valence-corrected chi connectivity index (χ1v) is 13.3. The maximum atomic E-state index is 14.1. The molecule has 0 aliphatic carbocycles. The van der Waals surface area contributed by atoms with Gasteiger partial charge in [0.2, 0.25) is 5.91 Å². The Kier molecular flexibility index (Phi) is 8.45. The van der Waals surface area contributed by atoms with E-state index in [-0.39, 0.29) is 23.8 Å². The van der Waals surface area contributed by atoms with Gasteiger partial charge in [-0.15, -0.1) is 0 Å². The molecule has 0 saturated carbocycles. The van der Waals surface area contributed by atoms with Gasteiger partial charge >= 0.3 is 0 Å². The number of hydrogen-bond donors (Lipinski definition) is 1. The Hall–Kier alpha value is -3.33. The molecule has 1 amide bonds. The van der Waals surface area contributed by atoms with E-state index in [1.54, 1.807) is 6.07 Å². The minimum Gasteiger partial charge on any atom is -0.370 e. The molecular weight excluding hydrogens is 488 g/mol. The monoisotopic (exact) mass is 525 g/mol. The Morgan fingerprint density at radius 2 is 1.82 bits per heavy atom. The number of carbonyl (C=O) groups is 1. The summed E-state index contributed by atoms with van der Waals surface area (Å²) in [4.78, 5) is 36.0. The Bertz CT molecular complexity index is 1370. The summed E-state index contributed by atoms with van der Waals surface area (Å²) < 4.78 is 29.0. The molecule has 38 heavy (non-hydrogen) atoms. The van der Waals surface area contributed by atoms with Gasteiger partial charge in [0.25, 0.3) is 5.56 Å². The molecule has 2 heterocycles. The SMILES string of the molecule is CCCCN1CCCN(c2ccc3nc(-c4ccc(F)c(F)c4)n(CC(=O)NC(C)(C)C)c(=O)c3c2)CC1. The van der Waals surface area contributed by atoms with E-state index in [1.807, 2.05) is 32.9 Å². The summed E-state index contributed by atoms with van der Waals surface area (Å²) in [6, 6.07) is 8.92. The van der Waals surface area contributed by atoms with Crippen molar-refractivity contribution in [3.63, 3.8) is 0 Å². The molecule has 2 aromatic carbocycles. The fourth-order valence-electron chi connectivity index (χ4n) is 4.84. The second kappa shape index (κ2) is 11.6. The highest BCUT2D eigenvalue weighted by atomic mass is 19.2. The van der Waals surface area contributed by atoms with Crippen LogP contribution < -0.4 is 15.8 Å². The number of unbranched alkanes of at least 4 members (excludes halogenated alkanes) is 1. The zero-order valence-corrected chi connectivity index (χ0v) is 22.7. The molecule has 1 aliphatic rings. The number of amides is 1. The number of hydrogen-bond acceptors (Lipinski definition) is 5. The van der Waals surface area contributed by atoms with E-state index in [0.717, 1.165) is 57.0 Å². The first-order valence-electron chi connectivity index (χ1n) is 13.3. The van der Waals surface area contributed by atoms with Gasteiger partial charge in [0.15, 0.2) is 11.6 Å². The predicted octanol–water partition coefficient (Wildman–Crippen LogP) is 4.57. The standard InChI is InChI=1S/C29H37F2N5O2/c1-5-6-12-34-13-7-14-35(16-15-34)21-9-11-25-22(18-21)28(38)36(19-26(37)33-29(2,3)4)27(32-25)20-8-10-23(30)24(31)17-20/h8-11,17-18H,5-7,12-16,19H2,1-4H3,(H,33,37). The van der Waals surface area contributed by atoms with Gasteiger partial charge < -0.3 is 15.1 Å². The van der Waals surface area contributed by atoms with Gasteiger partial charge in [0.1, 0.15) is 12.4 Å². The van der Waals surface area contributed by atoms with Gasteiger partial charge in [-0.1, -0.05) is 13.3 Å². The van der Waals surface area contributed by atoms with Crippen molar-refractivity contribution in [2.75, 3.05) is 37.6 Å². The molecule has 1 aromatic heterocycles. The average molecular weight is 526 g/mol. The molecule has 0 radical (unpaired) electrons. The zero-order valence-electron chi connectivity index (χ0n) is 22.7. The number of rotatable bonds is 7. The second-order valence-electron chi connectivity index (χ2n) is 11.0. The van der Waals surface area contributed by atoms with Crippen molar-refractivity contribution in [3.05, 3.63) is 58.4 Å². The van der Waals surface area contributed by atoms with Crippen molar-refractivity contribution < 1.29 is 13.6 Å². The maximum absolute atomic E-state index is 14.1. The van der Waals surface area contributed by atoms with Crippen LogP contribution >= 0.6 is 0 Å². The molecule has 4 rings (SSSR count).